The van der Waals surface area contributed by atoms with Gasteiger partial charge in [0.05, 0.1) is 30.3 Å². The summed E-state index contributed by atoms with van der Waals surface area (Å²) in [6.07, 6.45) is 2.81. The van der Waals surface area contributed by atoms with Crippen LogP contribution in [-0.4, -0.2) is 56.0 Å². The molecule has 0 aliphatic carbocycles. The summed E-state index contributed by atoms with van der Waals surface area (Å²) in [7, 11) is -3.51. The lowest BCUT2D eigenvalue weighted by Crippen LogP contribution is -2.41. The molecule has 0 amide bonds. The van der Waals surface area contributed by atoms with Gasteiger partial charge in [-0.15, -0.1) is 4.68 Å². The van der Waals surface area contributed by atoms with Gasteiger partial charge in [0, 0.05) is 29.6 Å². The first-order valence-electron chi connectivity index (χ1n) is 14.6. The minimum Gasteiger partial charge on any atom is -0.432 e. The van der Waals surface area contributed by atoms with E-state index in [2.05, 4.69) is 15.1 Å². The summed E-state index contributed by atoms with van der Waals surface area (Å²) >= 11 is 0. The molecule has 2 aromatic heterocycles. The van der Waals surface area contributed by atoms with E-state index in [0.29, 0.717) is 6.07 Å². The third kappa shape index (κ3) is 10.3. The van der Waals surface area contributed by atoms with Crippen LogP contribution in [0.3, 0.4) is 0 Å². The summed E-state index contributed by atoms with van der Waals surface area (Å²) in [6, 6.07) is 2.66. The fourth-order valence-electron chi connectivity index (χ4n) is 4.66. The van der Waals surface area contributed by atoms with Gasteiger partial charge >= 0.3 is 13.8 Å². The van der Waals surface area contributed by atoms with Crippen LogP contribution in [0.25, 0.3) is 0 Å². The zero-order valence-corrected chi connectivity index (χ0v) is 28.1. The van der Waals surface area contributed by atoms with E-state index >= 15 is 0 Å². The van der Waals surface area contributed by atoms with Crippen LogP contribution in [0.5, 0.6) is 0 Å². The summed E-state index contributed by atoms with van der Waals surface area (Å²) in [4.78, 5) is 19.9. The van der Waals surface area contributed by atoms with Gasteiger partial charge in [0.15, 0.2) is 5.82 Å². The third-order valence-electron chi connectivity index (χ3n) is 6.58. The molecule has 0 bridgehead atoms. The zero-order valence-electron chi connectivity index (χ0n) is 27.2. The van der Waals surface area contributed by atoms with Crippen LogP contribution in [0, 0.1) is 22.9 Å². The minimum absolute atomic E-state index is 0.162. The Labute approximate surface area is 266 Å². The van der Waals surface area contributed by atoms with E-state index in [1.165, 1.54) is 35.8 Å². The van der Waals surface area contributed by atoms with Gasteiger partial charge in [0.25, 0.3) is 6.33 Å². The molecule has 16 heteroatoms. The number of carbonyl (C=O) groups excluding carboxylic acids is 1. The van der Waals surface area contributed by atoms with Crippen molar-refractivity contribution < 1.29 is 50.7 Å². The minimum atomic E-state index is -3.51. The smallest absolute Gasteiger partial charge is 0.432 e. The first-order valence-corrected chi connectivity index (χ1v) is 16.3. The van der Waals surface area contributed by atoms with Crippen LogP contribution in [0.1, 0.15) is 78.8 Å². The molecule has 2 heterocycles. The lowest BCUT2D eigenvalue weighted by molar-refractivity contribution is -0.754. The van der Waals surface area contributed by atoms with Crippen molar-refractivity contribution in [2.45, 2.75) is 85.3 Å². The van der Waals surface area contributed by atoms with E-state index in [9.17, 15) is 27.6 Å². The molecule has 3 aromatic rings. The molecule has 0 radical (unpaired) electrons. The Morgan fingerprint density at radius 2 is 1.78 bits per heavy atom. The molecule has 3 rings (SSSR count). The molecule has 0 saturated heterocycles. The first-order chi connectivity index (χ1) is 21.2. The monoisotopic (exact) mass is 672 g/mol. The molecule has 2 unspecified atom stereocenters. The van der Waals surface area contributed by atoms with Crippen LogP contribution < -0.4 is 4.57 Å². The Morgan fingerprint density at radius 1 is 1.09 bits per heavy atom. The van der Waals surface area contributed by atoms with Gasteiger partial charge in [0.2, 0.25) is 12.6 Å². The Morgan fingerprint density at radius 3 is 2.39 bits per heavy atom. The molecule has 1 aromatic carbocycles. The highest BCUT2D eigenvalue weighted by atomic mass is 31.2. The highest BCUT2D eigenvalue weighted by Gasteiger charge is 2.44. The van der Waals surface area contributed by atoms with Crippen molar-refractivity contribution in [3.8, 4) is 0 Å². The summed E-state index contributed by atoms with van der Waals surface area (Å²) in [5.41, 5.74) is -3.72. The maximum atomic E-state index is 15.0. The van der Waals surface area contributed by atoms with Crippen molar-refractivity contribution >= 4 is 13.8 Å². The number of benzene rings is 1. The normalized spacial score (nSPS) is 16.3. The van der Waals surface area contributed by atoms with Gasteiger partial charge in [-0.25, -0.2) is 27.9 Å². The molecular weight excluding hydrogens is 630 g/mol. The number of nitrogens with zero attached hydrogens (tertiary/aromatic N) is 5. The molecule has 46 heavy (non-hydrogen) atoms. The molecule has 254 valence electrons. The van der Waals surface area contributed by atoms with Gasteiger partial charge in [-0.1, -0.05) is 33.8 Å². The second kappa shape index (κ2) is 14.6. The number of aliphatic hydroxyl groups is 1. The standard InChI is InChI=1S/C30H42F3N5O7P/c1-20(26-25(33)14-34-17-35-26)30(40,23-10-9-22(31)13-24(23)32)15-38-19-37(18-36-38)21(2)44-27(39)42-11-12-43-46(41,16-28(3,4)5)45-29(6,7)8/h9-10,13-14,17-21,40H,11-12,15-16H2,1-8H3/q+1/t20-,21?,30+,46?/m0/s1. The van der Waals surface area contributed by atoms with Crippen molar-refractivity contribution in [2.75, 3.05) is 19.4 Å². The van der Waals surface area contributed by atoms with Crippen LogP contribution in [-0.2, 0) is 35.2 Å². The summed E-state index contributed by atoms with van der Waals surface area (Å²) in [6.45, 7) is 13.1. The van der Waals surface area contributed by atoms with Gasteiger partial charge in [-0.3, -0.25) is 4.57 Å². The zero-order chi connectivity index (χ0) is 34.5. The van der Waals surface area contributed by atoms with E-state index in [-0.39, 0.29) is 36.0 Å². The number of carbonyl (C=O) groups is 1. The average molecular weight is 673 g/mol. The van der Waals surface area contributed by atoms with Gasteiger partial charge < -0.3 is 23.6 Å². The maximum absolute atomic E-state index is 15.0. The Bertz CT molecular complexity index is 1530. The van der Waals surface area contributed by atoms with Gasteiger partial charge in [0.1, 0.15) is 36.7 Å². The van der Waals surface area contributed by atoms with Crippen LogP contribution in [0.4, 0.5) is 18.0 Å². The van der Waals surface area contributed by atoms with E-state index in [1.54, 1.807) is 20.8 Å². The lowest BCUT2D eigenvalue weighted by Gasteiger charge is -2.32. The molecule has 0 fully saturated rings. The number of hydrogen-bond acceptors (Lipinski definition) is 10. The Hall–Kier alpha value is -3.39. The summed E-state index contributed by atoms with van der Waals surface area (Å²) < 4.78 is 80.9. The van der Waals surface area contributed by atoms with E-state index in [1.807, 2.05) is 20.8 Å². The molecule has 0 aliphatic heterocycles. The topological polar surface area (TPSA) is 139 Å². The fourth-order valence-corrected chi connectivity index (χ4v) is 7.21. The fraction of sp³-hybridized carbons (Fsp3) is 0.567. The predicted octanol–water partition coefficient (Wildman–Crippen LogP) is 5.81. The van der Waals surface area contributed by atoms with Crippen molar-refractivity contribution in [3.63, 3.8) is 0 Å². The number of halogens is 3. The first kappa shape index (κ1) is 37.1. The Balaban J connectivity index is 1.68. The Kier molecular flexibility index (Phi) is 11.7. The third-order valence-corrected chi connectivity index (χ3v) is 9.32. The molecule has 12 nitrogen and oxygen atoms in total. The number of aromatic nitrogens is 5. The lowest BCUT2D eigenvalue weighted by atomic mass is 9.79. The van der Waals surface area contributed by atoms with Crippen molar-refractivity contribution in [1.82, 2.24) is 19.7 Å². The van der Waals surface area contributed by atoms with E-state index < -0.39 is 61.1 Å². The van der Waals surface area contributed by atoms with E-state index in [0.717, 1.165) is 24.7 Å². The van der Waals surface area contributed by atoms with Gasteiger partial charge in [-0.05, 0) is 32.3 Å². The molecule has 1 N–H and O–H groups in total. The number of hydrogen-bond donors (Lipinski definition) is 1. The molecule has 0 aliphatic rings. The highest BCUT2D eigenvalue weighted by molar-refractivity contribution is 7.53. The number of rotatable bonds is 13. The van der Waals surface area contributed by atoms with Crippen molar-refractivity contribution in [2.24, 2.45) is 5.41 Å². The molecule has 0 saturated carbocycles. The molecule has 0 spiro atoms. The molecule has 4 atom stereocenters. The highest BCUT2D eigenvalue weighted by Crippen LogP contribution is 2.55. The quantitative estimate of drug-likeness (QED) is 0.102. The molecular formula is C30H42F3N5O7P+. The second-order valence-electron chi connectivity index (χ2n) is 13.1. The predicted molar refractivity (Wildman–Crippen MR) is 159 cm³/mol. The van der Waals surface area contributed by atoms with Crippen LogP contribution >= 0.6 is 7.60 Å². The largest absolute Gasteiger partial charge is 0.511 e. The summed E-state index contributed by atoms with van der Waals surface area (Å²) in [5.74, 6) is -3.88. The van der Waals surface area contributed by atoms with Crippen molar-refractivity contribution in [1.29, 1.82) is 0 Å². The van der Waals surface area contributed by atoms with Gasteiger partial charge in [-0.2, -0.15) is 4.57 Å². The second-order valence-corrected chi connectivity index (χ2v) is 15.1. The van der Waals surface area contributed by atoms with E-state index in [4.69, 9.17) is 18.5 Å². The number of ether oxygens (including phenoxy) is 2. The SMILES string of the molecule is CC(OC(=O)OCCOP(=O)(CC(C)(C)C)OC(C)(C)C)[n+]1cnn(C[C@](O)(c2ccc(F)cc2F)[C@@H](C)c2ncncc2F)c1. The van der Waals surface area contributed by atoms with Crippen LogP contribution in [0.15, 0.2) is 43.4 Å². The average Bonchev–Trinajstić information content (AvgIpc) is 3.37. The summed E-state index contributed by atoms with van der Waals surface area (Å²) in [5, 5.41) is 16.0. The van der Waals surface area contributed by atoms with Crippen LogP contribution in [0.2, 0.25) is 0 Å². The van der Waals surface area contributed by atoms with Crippen molar-refractivity contribution in [3.05, 3.63) is 72.1 Å². The maximum Gasteiger partial charge on any atom is 0.511 e.